The number of nitrogens with zero attached hydrogens (tertiary/aromatic N) is 3. The van der Waals surface area contributed by atoms with Crippen molar-refractivity contribution in [2.24, 2.45) is 5.92 Å². The molecule has 0 radical (unpaired) electrons. The van der Waals surface area contributed by atoms with Crippen LogP contribution in [-0.4, -0.2) is 52.9 Å². The van der Waals surface area contributed by atoms with Crippen LogP contribution in [0, 0.1) is 5.92 Å². The zero-order valence-electron chi connectivity index (χ0n) is 15.4. The van der Waals surface area contributed by atoms with E-state index >= 15 is 0 Å². The first kappa shape index (κ1) is 18.2. The van der Waals surface area contributed by atoms with Gasteiger partial charge in [0.05, 0.1) is 5.69 Å². The van der Waals surface area contributed by atoms with Crippen LogP contribution in [0.1, 0.15) is 52.1 Å². The fraction of sp³-hybridized carbons (Fsp3) is 0.722. The van der Waals surface area contributed by atoms with E-state index in [-0.39, 0.29) is 23.3 Å². The van der Waals surface area contributed by atoms with E-state index in [2.05, 4.69) is 31.1 Å². The van der Waals surface area contributed by atoms with Crippen LogP contribution in [-0.2, 0) is 10.2 Å². The van der Waals surface area contributed by atoms with Crippen LogP contribution in [0.25, 0.3) is 0 Å². The number of anilines is 1. The number of likely N-dealkylation sites (tertiary alicyclic amines) is 2. The number of amides is 3. The number of carbonyl (C=O) groups excluding carboxylic acids is 2. The molecule has 0 aromatic carbocycles. The van der Waals surface area contributed by atoms with Crippen molar-refractivity contribution >= 4 is 28.4 Å². The van der Waals surface area contributed by atoms with Gasteiger partial charge in [0.2, 0.25) is 5.91 Å². The highest BCUT2D eigenvalue weighted by Gasteiger charge is 2.31. The number of hydrogen-bond donors (Lipinski definition) is 1. The molecule has 3 amide bonds. The standard InChI is InChI=1S/C18H28N4O2S/c1-18(2,3)14-12-25-16(19-14)20-15(23)13-6-10-22(11-7-13)17(24)21-8-4-5-9-21/h12-13H,4-11H2,1-3H3,(H,19,20,23). The number of hydrogen-bond acceptors (Lipinski definition) is 4. The maximum absolute atomic E-state index is 12.5. The Balaban J connectivity index is 1.50. The normalized spacial score (nSPS) is 19.3. The third kappa shape index (κ3) is 4.32. The first-order valence-electron chi connectivity index (χ1n) is 9.15. The SMILES string of the molecule is CC(C)(C)c1csc(NC(=O)C2CCN(C(=O)N3CCCC3)CC2)n1. The van der Waals surface area contributed by atoms with Crippen molar-refractivity contribution in [3.05, 3.63) is 11.1 Å². The molecule has 0 atom stereocenters. The summed E-state index contributed by atoms with van der Waals surface area (Å²) in [4.78, 5) is 33.3. The van der Waals surface area contributed by atoms with Gasteiger partial charge in [0.1, 0.15) is 0 Å². The first-order valence-corrected chi connectivity index (χ1v) is 10.0. The Morgan fingerprint density at radius 3 is 2.28 bits per heavy atom. The second kappa shape index (κ2) is 7.32. The summed E-state index contributed by atoms with van der Waals surface area (Å²) in [6.45, 7) is 9.41. The summed E-state index contributed by atoms with van der Waals surface area (Å²) in [6.07, 6.45) is 3.66. The van der Waals surface area contributed by atoms with E-state index < -0.39 is 0 Å². The van der Waals surface area contributed by atoms with E-state index in [0.717, 1.165) is 44.5 Å². The zero-order valence-corrected chi connectivity index (χ0v) is 16.2. The van der Waals surface area contributed by atoms with Crippen molar-refractivity contribution in [1.29, 1.82) is 0 Å². The van der Waals surface area contributed by atoms with Crippen molar-refractivity contribution in [3.63, 3.8) is 0 Å². The molecule has 0 saturated carbocycles. The molecule has 2 aliphatic rings. The lowest BCUT2D eigenvalue weighted by molar-refractivity contribution is -0.121. The van der Waals surface area contributed by atoms with Crippen LogP contribution < -0.4 is 5.32 Å². The number of nitrogens with one attached hydrogen (secondary N) is 1. The predicted octanol–water partition coefficient (Wildman–Crippen LogP) is 3.31. The van der Waals surface area contributed by atoms with Crippen molar-refractivity contribution in [3.8, 4) is 0 Å². The van der Waals surface area contributed by atoms with Gasteiger partial charge < -0.3 is 15.1 Å². The van der Waals surface area contributed by atoms with Crippen LogP contribution in [0.3, 0.4) is 0 Å². The van der Waals surface area contributed by atoms with E-state index in [1.165, 1.54) is 11.3 Å². The Bertz CT molecular complexity index is 623. The van der Waals surface area contributed by atoms with Gasteiger partial charge in [-0.1, -0.05) is 20.8 Å². The molecule has 0 unspecified atom stereocenters. The molecule has 2 saturated heterocycles. The molecule has 6 nitrogen and oxygen atoms in total. The maximum Gasteiger partial charge on any atom is 0.319 e. The Morgan fingerprint density at radius 1 is 1.12 bits per heavy atom. The van der Waals surface area contributed by atoms with Gasteiger partial charge in [-0.25, -0.2) is 9.78 Å². The molecule has 25 heavy (non-hydrogen) atoms. The molecule has 1 N–H and O–H groups in total. The Kier molecular flexibility index (Phi) is 5.32. The van der Waals surface area contributed by atoms with Crippen molar-refractivity contribution < 1.29 is 9.59 Å². The number of thiazole rings is 1. The number of aromatic nitrogens is 1. The molecular formula is C18H28N4O2S. The average Bonchev–Trinajstić information content (AvgIpc) is 3.25. The lowest BCUT2D eigenvalue weighted by Crippen LogP contribution is -2.47. The van der Waals surface area contributed by atoms with Gasteiger partial charge in [-0.15, -0.1) is 11.3 Å². The molecule has 0 bridgehead atoms. The van der Waals surface area contributed by atoms with E-state index in [0.29, 0.717) is 18.2 Å². The molecule has 138 valence electrons. The van der Waals surface area contributed by atoms with Gasteiger partial charge in [-0.2, -0.15) is 0 Å². The minimum atomic E-state index is -0.0374. The summed E-state index contributed by atoms with van der Waals surface area (Å²) >= 11 is 1.48. The van der Waals surface area contributed by atoms with E-state index in [1.54, 1.807) is 0 Å². The second-order valence-electron chi connectivity index (χ2n) is 8.02. The third-order valence-corrected chi connectivity index (χ3v) is 5.77. The first-order chi connectivity index (χ1) is 11.8. The third-order valence-electron chi connectivity index (χ3n) is 5.02. The van der Waals surface area contributed by atoms with Crippen LogP contribution in [0.2, 0.25) is 0 Å². The van der Waals surface area contributed by atoms with E-state index in [9.17, 15) is 9.59 Å². The summed E-state index contributed by atoms with van der Waals surface area (Å²) in [5.74, 6) is -0.00676. The Labute approximate surface area is 153 Å². The fourth-order valence-electron chi connectivity index (χ4n) is 3.32. The highest BCUT2D eigenvalue weighted by Crippen LogP contribution is 2.27. The Morgan fingerprint density at radius 2 is 1.72 bits per heavy atom. The molecule has 2 fully saturated rings. The number of piperidine rings is 1. The highest BCUT2D eigenvalue weighted by atomic mass is 32.1. The number of carbonyl (C=O) groups is 2. The average molecular weight is 365 g/mol. The van der Waals surface area contributed by atoms with E-state index in [4.69, 9.17) is 0 Å². The smallest absolute Gasteiger partial charge is 0.319 e. The predicted molar refractivity (Wildman–Crippen MR) is 99.9 cm³/mol. The van der Waals surface area contributed by atoms with Gasteiger partial charge in [0, 0.05) is 42.9 Å². The van der Waals surface area contributed by atoms with Crippen LogP contribution in [0.4, 0.5) is 9.93 Å². The summed E-state index contributed by atoms with van der Waals surface area (Å²) in [5, 5.41) is 5.64. The molecule has 0 spiro atoms. The van der Waals surface area contributed by atoms with Gasteiger partial charge in [-0.05, 0) is 25.7 Å². The molecule has 1 aromatic rings. The molecule has 2 aliphatic heterocycles. The minimum absolute atomic E-state index is 0.0131. The van der Waals surface area contributed by atoms with Crippen molar-refractivity contribution in [1.82, 2.24) is 14.8 Å². The van der Waals surface area contributed by atoms with Crippen LogP contribution >= 0.6 is 11.3 Å². The van der Waals surface area contributed by atoms with Crippen LogP contribution in [0.15, 0.2) is 5.38 Å². The summed E-state index contributed by atoms with van der Waals surface area (Å²) in [7, 11) is 0. The molecule has 1 aromatic heterocycles. The monoisotopic (exact) mass is 364 g/mol. The van der Waals surface area contributed by atoms with Gasteiger partial charge in [0.15, 0.2) is 5.13 Å². The van der Waals surface area contributed by atoms with Gasteiger partial charge in [-0.3, -0.25) is 4.79 Å². The minimum Gasteiger partial charge on any atom is -0.325 e. The zero-order chi connectivity index (χ0) is 18.0. The maximum atomic E-state index is 12.5. The lowest BCUT2D eigenvalue weighted by Gasteiger charge is -2.33. The number of urea groups is 1. The summed E-state index contributed by atoms with van der Waals surface area (Å²) < 4.78 is 0. The Hall–Kier alpha value is -1.63. The molecule has 3 rings (SSSR count). The quantitative estimate of drug-likeness (QED) is 0.875. The van der Waals surface area contributed by atoms with Crippen LogP contribution in [0.5, 0.6) is 0 Å². The van der Waals surface area contributed by atoms with Gasteiger partial charge in [0.25, 0.3) is 0 Å². The summed E-state index contributed by atoms with van der Waals surface area (Å²) in [6, 6.07) is 0.145. The summed E-state index contributed by atoms with van der Waals surface area (Å²) in [5.41, 5.74) is 0.986. The second-order valence-corrected chi connectivity index (χ2v) is 8.87. The van der Waals surface area contributed by atoms with Crippen molar-refractivity contribution in [2.45, 2.75) is 51.9 Å². The molecule has 7 heteroatoms. The van der Waals surface area contributed by atoms with Crippen molar-refractivity contribution in [2.75, 3.05) is 31.5 Å². The molecular weight excluding hydrogens is 336 g/mol. The van der Waals surface area contributed by atoms with E-state index in [1.807, 2.05) is 15.2 Å². The largest absolute Gasteiger partial charge is 0.325 e. The number of rotatable bonds is 2. The topological polar surface area (TPSA) is 65.5 Å². The van der Waals surface area contributed by atoms with Gasteiger partial charge >= 0.3 is 6.03 Å². The molecule has 3 heterocycles. The lowest BCUT2D eigenvalue weighted by atomic mass is 9.93. The fourth-order valence-corrected chi connectivity index (χ4v) is 4.26. The highest BCUT2D eigenvalue weighted by molar-refractivity contribution is 7.13. The molecule has 0 aliphatic carbocycles.